The summed E-state index contributed by atoms with van der Waals surface area (Å²) in [5.74, 6) is -0.121. The van der Waals surface area contributed by atoms with Crippen LogP contribution in [0.1, 0.15) is 47.9 Å². The van der Waals surface area contributed by atoms with E-state index in [1.54, 1.807) is 18.2 Å². The SMILES string of the molecule is Cc1cc(C)c(NC(=O)NC2CCN(CCCCCNC(=O)/C=C/c3ccc(Cl)c(Cl)c3)C2)c(C)c1. The molecule has 1 heterocycles. The number of urea groups is 1. The van der Waals surface area contributed by atoms with Gasteiger partial charge in [0, 0.05) is 37.4 Å². The lowest BCUT2D eigenvalue weighted by molar-refractivity contribution is -0.116. The minimum absolute atomic E-state index is 0.121. The molecule has 2 aromatic rings. The highest BCUT2D eigenvalue weighted by Gasteiger charge is 2.23. The quantitative estimate of drug-likeness (QED) is 0.256. The van der Waals surface area contributed by atoms with E-state index in [1.807, 2.05) is 19.9 Å². The fourth-order valence-corrected chi connectivity index (χ4v) is 4.87. The molecular weight excluding hydrogens is 495 g/mol. The van der Waals surface area contributed by atoms with E-state index in [-0.39, 0.29) is 18.0 Å². The Balaban J connectivity index is 1.27. The number of likely N-dealkylation sites (tertiary alicyclic amines) is 1. The number of rotatable bonds is 10. The van der Waals surface area contributed by atoms with Gasteiger partial charge in [-0.25, -0.2) is 4.79 Å². The molecule has 1 saturated heterocycles. The summed E-state index contributed by atoms with van der Waals surface area (Å²) in [6.45, 7) is 9.61. The van der Waals surface area contributed by atoms with Gasteiger partial charge in [-0.3, -0.25) is 4.79 Å². The molecule has 0 saturated carbocycles. The van der Waals surface area contributed by atoms with Crippen LogP contribution >= 0.6 is 23.2 Å². The van der Waals surface area contributed by atoms with Crippen LogP contribution in [0.15, 0.2) is 36.4 Å². The van der Waals surface area contributed by atoms with Crippen molar-refractivity contribution in [2.45, 2.75) is 52.5 Å². The van der Waals surface area contributed by atoms with E-state index in [1.165, 1.54) is 11.6 Å². The molecule has 3 amide bonds. The molecular formula is C28H36Cl2N4O2. The predicted molar refractivity (Wildman–Crippen MR) is 150 cm³/mol. The van der Waals surface area contributed by atoms with Gasteiger partial charge in [-0.2, -0.15) is 0 Å². The van der Waals surface area contributed by atoms with Crippen LogP contribution < -0.4 is 16.0 Å². The molecule has 1 aliphatic heterocycles. The van der Waals surface area contributed by atoms with E-state index < -0.39 is 0 Å². The number of aryl methyl sites for hydroxylation is 3. The first-order valence-corrected chi connectivity index (χ1v) is 13.3. The number of hydrogen-bond donors (Lipinski definition) is 3. The topological polar surface area (TPSA) is 73.5 Å². The molecule has 3 rings (SSSR count). The van der Waals surface area contributed by atoms with Crippen molar-refractivity contribution in [1.82, 2.24) is 15.5 Å². The highest BCUT2D eigenvalue weighted by molar-refractivity contribution is 6.42. The van der Waals surface area contributed by atoms with Crippen LogP contribution in [-0.2, 0) is 4.79 Å². The zero-order valence-electron chi connectivity index (χ0n) is 21.3. The summed E-state index contributed by atoms with van der Waals surface area (Å²) in [7, 11) is 0. The third-order valence-electron chi connectivity index (χ3n) is 6.34. The summed E-state index contributed by atoms with van der Waals surface area (Å²) in [6.07, 6.45) is 7.22. The van der Waals surface area contributed by atoms with Crippen molar-refractivity contribution in [3.8, 4) is 0 Å². The Kier molecular flexibility index (Phi) is 10.7. The maximum absolute atomic E-state index is 12.5. The number of nitrogens with zero attached hydrogens (tertiary/aromatic N) is 1. The number of benzene rings is 2. The molecule has 8 heteroatoms. The molecule has 0 bridgehead atoms. The van der Waals surface area contributed by atoms with Gasteiger partial charge >= 0.3 is 6.03 Å². The zero-order chi connectivity index (χ0) is 26.1. The minimum atomic E-state index is -0.138. The molecule has 1 atom stereocenters. The normalized spacial score (nSPS) is 15.9. The van der Waals surface area contributed by atoms with Gasteiger partial charge in [0.2, 0.25) is 5.91 Å². The molecule has 0 aromatic heterocycles. The smallest absolute Gasteiger partial charge is 0.319 e. The minimum Gasteiger partial charge on any atom is -0.353 e. The van der Waals surface area contributed by atoms with Crippen molar-refractivity contribution >= 4 is 46.9 Å². The Morgan fingerprint density at radius 3 is 2.50 bits per heavy atom. The molecule has 36 heavy (non-hydrogen) atoms. The number of amides is 3. The zero-order valence-corrected chi connectivity index (χ0v) is 22.8. The summed E-state index contributed by atoms with van der Waals surface area (Å²) in [6, 6.07) is 9.44. The Hall–Kier alpha value is -2.54. The van der Waals surface area contributed by atoms with Gasteiger partial charge in [0.05, 0.1) is 10.0 Å². The lowest BCUT2D eigenvalue weighted by Gasteiger charge is -2.18. The summed E-state index contributed by atoms with van der Waals surface area (Å²) in [5, 5.41) is 10.0. The van der Waals surface area contributed by atoms with E-state index in [2.05, 4.69) is 39.9 Å². The number of unbranched alkanes of at least 4 members (excludes halogenated alkanes) is 2. The number of halogens is 2. The molecule has 1 unspecified atom stereocenters. The van der Waals surface area contributed by atoms with E-state index in [9.17, 15) is 9.59 Å². The van der Waals surface area contributed by atoms with Gasteiger partial charge in [-0.1, -0.05) is 53.4 Å². The summed E-state index contributed by atoms with van der Waals surface area (Å²) >= 11 is 11.9. The van der Waals surface area contributed by atoms with Gasteiger partial charge in [0.25, 0.3) is 0 Å². The van der Waals surface area contributed by atoms with Crippen LogP contribution in [0.25, 0.3) is 6.08 Å². The highest BCUT2D eigenvalue weighted by atomic mass is 35.5. The lowest BCUT2D eigenvalue weighted by Crippen LogP contribution is -2.40. The standard InChI is InChI=1S/C28H36Cl2N4O2/c1-19-15-20(2)27(21(3)16-19)33-28(36)32-23-11-14-34(18-23)13-6-4-5-12-31-26(35)10-8-22-7-9-24(29)25(30)17-22/h7-10,15-17,23H,4-6,11-14,18H2,1-3H3,(H,31,35)(H2,32,33,36)/b10-8+. The first-order chi connectivity index (χ1) is 17.2. The van der Waals surface area contributed by atoms with Crippen molar-refractivity contribution in [3.63, 3.8) is 0 Å². The number of nitrogens with one attached hydrogen (secondary N) is 3. The molecule has 6 nitrogen and oxygen atoms in total. The highest BCUT2D eigenvalue weighted by Crippen LogP contribution is 2.23. The average Bonchev–Trinajstić information content (AvgIpc) is 3.26. The van der Waals surface area contributed by atoms with E-state index in [0.717, 1.165) is 67.7 Å². The van der Waals surface area contributed by atoms with E-state index >= 15 is 0 Å². The molecule has 1 aliphatic rings. The van der Waals surface area contributed by atoms with Gasteiger partial charge < -0.3 is 20.9 Å². The van der Waals surface area contributed by atoms with Crippen molar-refractivity contribution < 1.29 is 9.59 Å². The molecule has 0 aliphatic carbocycles. The maximum atomic E-state index is 12.5. The molecule has 2 aromatic carbocycles. The average molecular weight is 532 g/mol. The van der Waals surface area contributed by atoms with Crippen LogP contribution in [0.3, 0.4) is 0 Å². The van der Waals surface area contributed by atoms with Crippen molar-refractivity contribution in [2.75, 3.05) is 31.5 Å². The van der Waals surface area contributed by atoms with Crippen LogP contribution in [0.4, 0.5) is 10.5 Å². The number of anilines is 1. The van der Waals surface area contributed by atoms with Gasteiger partial charge in [0.1, 0.15) is 0 Å². The van der Waals surface area contributed by atoms with Crippen LogP contribution in [0.2, 0.25) is 10.0 Å². The molecule has 0 radical (unpaired) electrons. The van der Waals surface area contributed by atoms with Crippen LogP contribution in [0.5, 0.6) is 0 Å². The van der Waals surface area contributed by atoms with Crippen LogP contribution in [0, 0.1) is 20.8 Å². The number of hydrogen-bond acceptors (Lipinski definition) is 3. The third kappa shape index (κ3) is 8.84. The van der Waals surface area contributed by atoms with Crippen molar-refractivity contribution in [3.05, 3.63) is 68.7 Å². The van der Waals surface area contributed by atoms with E-state index in [0.29, 0.717) is 16.6 Å². The third-order valence-corrected chi connectivity index (χ3v) is 7.08. The Morgan fingerprint density at radius 1 is 1.03 bits per heavy atom. The first kappa shape index (κ1) is 28.0. The molecule has 3 N–H and O–H groups in total. The Morgan fingerprint density at radius 2 is 1.78 bits per heavy atom. The second-order valence-electron chi connectivity index (χ2n) is 9.52. The Bertz CT molecular complexity index is 1080. The van der Waals surface area contributed by atoms with E-state index in [4.69, 9.17) is 23.2 Å². The van der Waals surface area contributed by atoms with Gasteiger partial charge in [0.15, 0.2) is 0 Å². The van der Waals surface area contributed by atoms with Gasteiger partial charge in [-0.05, 0) is 81.5 Å². The largest absolute Gasteiger partial charge is 0.353 e. The van der Waals surface area contributed by atoms with Crippen molar-refractivity contribution in [2.24, 2.45) is 0 Å². The second-order valence-corrected chi connectivity index (χ2v) is 10.3. The fraction of sp³-hybridized carbons (Fsp3) is 0.429. The molecule has 0 spiro atoms. The van der Waals surface area contributed by atoms with Crippen LogP contribution in [-0.4, -0.2) is 49.1 Å². The molecule has 194 valence electrons. The summed E-state index contributed by atoms with van der Waals surface area (Å²) in [5.41, 5.74) is 5.08. The monoisotopic (exact) mass is 530 g/mol. The number of carbonyl (C=O) groups is 2. The number of carbonyl (C=O) groups excluding carboxylic acids is 2. The fourth-order valence-electron chi connectivity index (χ4n) is 4.56. The first-order valence-electron chi connectivity index (χ1n) is 12.5. The molecule has 1 fully saturated rings. The summed E-state index contributed by atoms with van der Waals surface area (Å²) < 4.78 is 0. The maximum Gasteiger partial charge on any atom is 0.319 e. The predicted octanol–water partition coefficient (Wildman–Crippen LogP) is 6.11. The summed E-state index contributed by atoms with van der Waals surface area (Å²) in [4.78, 5) is 26.9. The Labute approximate surface area is 224 Å². The lowest BCUT2D eigenvalue weighted by atomic mass is 10.1. The van der Waals surface area contributed by atoms with Crippen molar-refractivity contribution in [1.29, 1.82) is 0 Å². The van der Waals surface area contributed by atoms with Gasteiger partial charge in [-0.15, -0.1) is 0 Å². The second kappa shape index (κ2) is 13.7.